The largest absolute Gasteiger partial charge is 0.334 e. The van der Waals surface area contributed by atoms with Crippen LogP contribution in [0.3, 0.4) is 0 Å². The molecule has 0 saturated heterocycles. The molecule has 1 amide bonds. The van der Waals surface area contributed by atoms with Crippen molar-refractivity contribution >= 4 is 17.6 Å². The van der Waals surface area contributed by atoms with Crippen molar-refractivity contribution < 1.29 is 14.4 Å². The van der Waals surface area contributed by atoms with Gasteiger partial charge in [0.05, 0.1) is 5.69 Å². The van der Waals surface area contributed by atoms with Gasteiger partial charge in [-0.05, 0) is 34.4 Å². The average Bonchev–Trinajstić information content (AvgIpc) is 2.73. The number of amides is 1. The number of carbonyl (C=O) groups is 2. The molecule has 0 aliphatic heterocycles. The van der Waals surface area contributed by atoms with Crippen molar-refractivity contribution in [2.75, 3.05) is 5.06 Å². The molecule has 2 aromatic carbocycles. The molecule has 0 fully saturated rings. The SMILES string of the molecule is CC(=O)ON(C(C)=O)c1ccc2c(c1)C(C)(C)c1ccccc1-2. The Morgan fingerprint density at radius 3 is 2.26 bits per heavy atom. The highest BCUT2D eigenvalue weighted by Gasteiger charge is 2.35. The third kappa shape index (κ3) is 2.40. The van der Waals surface area contributed by atoms with Crippen LogP contribution in [0.15, 0.2) is 42.5 Å². The molecule has 0 radical (unpaired) electrons. The first kappa shape index (κ1) is 15.3. The van der Waals surface area contributed by atoms with Crippen molar-refractivity contribution in [2.24, 2.45) is 0 Å². The second-order valence-electron chi connectivity index (χ2n) is 6.30. The van der Waals surface area contributed by atoms with Gasteiger partial charge in [-0.3, -0.25) is 4.79 Å². The Kier molecular flexibility index (Phi) is 3.48. The Morgan fingerprint density at radius 2 is 1.61 bits per heavy atom. The monoisotopic (exact) mass is 309 g/mol. The first-order valence-electron chi connectivity index (χ1n) is 7.56. The zero-order valence-electron chi connectivity index (χ0n) is 13.7. The summed E-state index contributed by atoms with van der Waals surface area (Å²) in [5, 5.41) is 1.04. The molecule has 4 nitrogen and oxygen atoms in total. The summed E-state index contributed by atoms with van der Waals surface area (Å²) in [5.74, 6) is -0.864. The third-order valence-corrected chi connectivity index (χ3v) is 4.31. The van der Waals surface area contributed by atoms with Crippen LogP contribution in [0.25, 0.3) is 11.1 Å². The minimum Gasteiger partial charge on any atom is -0.334 e. The van der Waals surface area contributed by atoms with E-state index >= 15 is 0 Å². The Morgan fingerprint density at radius 1 is 0.957 bits per heavy atom. The van der Waals surface area contributed by atoms with Crippen LogP contribution in [0.5, 0.6) is 0 Å². The first-order valence-corrected chi connectivity index (χ1v) is 7.56. The molecule has 0 unspecified atom stereocenters. The van der Waals surface area contributed by atoms with Gasteiger partial charge >= 0.3 is 5.97 Å². The van der Waals surface area contributed by atoms with Crippen molar-refractivity contribution in [3.05, 3.63) is 53.6 Å². The van der Waals surface area contributed by atoms with E-state index in [1.165, 1.54) is 25.0 Å². The number of hydroxylamine groups is 1. The van der Waals surface area contributed by atoms with Gasteiger partial charge in [0.1, 0.15) is 0 Å². The molecule has 0 heterocycles. The molecule has 1 aliphatic rings. The second-order valence-corrected chi connectivity index (χ2v) is 6.30. The minimum absolute atomic E-state index is 0.166. The van der Waals surface area contributed by atoms with E-state index in [1.807, 2.05) is 24.3 Å². The van der Waals surface area contributed by atoms with Gasteiger partial charge in [0.15, 0.2) is 0 Å². The zero-order chi connectivity index (χ0) is 16.8. The number of carbonyl (C=O) groups excluding carboxylic acids is 2. The lowest BCUT2D eigenvalue weighted by Crippen LogP contribution is -2.31. The normalized spacial score (nSPS) is 13.9. The van der Waals surface area contributed by atoms with Crippen LogP contribution in [-0.2, 0) is 19.8 Å². The highest BCUT2D eigenvalue weighted by Crippen LogP contribution is 2.49. The molecule has 1 aliphatic carbocycles. The molecule has 0 spiro atoms. The number of fused-ring (bicyclic) bond motifs is 3. The summed E-state index contributed by atoms with van der Waals surface area (Å²) in [7, 11) is 0. The fraction of sp³-hybridized carbons (Fsp3) is 0.263. The minimum atomic E-state index is -0.525. The van der Waals surface area contributed by atoms with Crippen molar-refractivity contribution in [3.63, 3.8) is 0 Å². The molecule has 0 saturated carbocycles. The maximum absolute atomic E-state index is 11.8. The Labute approximate surface area is 135 Å². The predicted molar refractivity (Wildman–Crippen MR) is 88.9 cm³/mol. The van der Waals surface area contributed by atoms with Gasteiger partial charge in [0, 0.05) is 19.3 Å². The van der Waals surface area contributed by atoms with Gasteiger partial charge in [0.2, 0.25) is 0 Å². The molecule has 4 heteroatoms. The smallest absolute Gasteiger partial charge is 0.330 e. The molecule has 0 atom stereocenters. The second kappa shape index (κ2) is 5.23. The summed E-state index contributed by atoms with van der Waals surface area (Å²) >= 11 is 0. The summed E-state index contributed by atoms with van der Waals surface area (Å²) in [6, 6.07) is 14.0. The van der Waals surface area contributed by atoms with Crippen LogP contribution in [0.1, 0.15) is 38.8 Å². The maximum atomic E-state index is 11.8. The number of rotatable bonds is 1. The molecular weight excluding hydrogens is 290 g/mol. The lowest BCUT2D eigenvalue weighted by atomic mass is 9.82. The van der Waals surface area contributed by atoms with Crippen LogP contribution in [0.4, 0.5) is 5.69 Å². The van der Waals surface area contributed by atoms with E-state index in [1.54, 1.807) is 6.07 Å². The lowest BCUT2D eigenvalue weighted by molar-refractivity contribution is -0.147. The van der Waals surface area contributed by atoms with Crippen LogP contribution >= 0.6 is 0 Å². The van der Waals surface area contributed by atoms with E-state index in [9.17, 15) is 9.59 Å². The molecule has 2 aromatic rings. The third-order valence-electron chi connectivity index (χ3n) is 4.31. The Bertz CT molecular complexity index is 808. The number of nitrogens with zero attached hydrogens (tertiary/aromatic N) is 1. The molecule has 0 N–H and O–H groups in total. The summed E-state index contributed by atoms with van der Waals surface area (Å²) in [5.41, 5.74) is 5.14. The van der Waals surface area contributed by atoms with E-state index < -0.39 is 5.97 Å². The first-order chi connectivity index (χ1) is 10.8. The average molecular weight is 309 g/mol. The van der Waals surface area contributed by atoms with Crippen LogP contribution in [0.2, 0.25) is 0 Å². The summed E-state index contributed by atoms with van der Waals surface area (Å²) in [6.45, 7) is 6.97. The fourth-order valence-corrected chi connectivity index (χ4v) is 3.25. The van der Waals surface area contributed by atoms with Gasteiger partial charge in [-0.15, -0.1) is 5.06 Å². The van der Waals surface area contributed by atoms with Crippen molar-refractivity contribution in [1.82, 2.24) is 0 Å². The van der Waals surface area contributed by atoms with Gasteiger partial charge in [-0.2, -0.15) is 0 Å². The Balaban J connectivity index is 2.13. The number of hydrogen-bond acceptors (Lipinski definition) is 3. The number of benzene rings is 2. The van der Waals surface area contributed by atoms with Crippen molar-refractivity contribution in [1.29, 1.82) is 0 Å². The predicted octanol–water partition coefficient (Wildman–Crippen LogP) is 3.82. The maximum Gasteiger partial charge on any atom is 0.330 e. The number of hydrogen-bond donors (Lipinski definition) is 0. The van der Waals surface area contributed by atoms with E-state index in [0.717, 1.165) is 16.2 Å². The molecule has 23 heavy (non-hydrogen) atoms. The van der Waals surface area contributed by atoms with Crippen molar-refractivity contribution in [2.45, 2.75) is 33.1 Å². The van der Waals surface area contributed by atoms with E-state index in [2.05, 4.69) is 26.0 Å². The van der Waals surface area contributed by atoms with Gasteiger partial charge in [-0.25, -0.2) is 4.79 Å². The molecule has 118 valence electrons. The summed E-state index contributed by atoms with van der Waals surface area (Å²) in [4.78, 5) is 28.1. The molecule has 0 aromatic heterocycles. The molecule has 0 bridgehead atoms. The number of anilines is 1. The van der Waals surface area contributed by atoms with E-state index in [4.69, 9.17) is 4.84 Å². The highest BCUT2D eigenvalue weighted by molar-refractivity contribution is 5.93. The van der Waals surface area contributed by atoms with Crippen molar-refractivity contribution in [3.8, 4) is 11.1 Å². The highest BCUT2D eigenvalue weighted by atomic mass is 16.7. The van der Waals surface area contributed by atoms with E-state index in [0.29, 0.717) is 5.69 Å². The molecule has 3 rings (SSSR count). The van der Waals surface area contributed by atoms with Crippen LogP contribution < -0.4 is 5.06 Å². The van der Waals surface area contributed by atoms with Gasteiger partial charge in [-0.1, -0.05) is 44.2 Å². The fourth-order valence-electron chi connectivity index (χ4n) is 3.25. The zero-order valence-corrected chi connectivity index (χ0v) is 13.7. The van der Waals surface area contributed by atoms with E-state index in [-0.39, 0.29) is 11.3 Å². The topological polar surface area (TPSA) is 46.6 Å². The van der Waals surface area contributed by atoms with Crippen LogP contribution in [-0.4, -0.2) is 11.9 Å². The van der Waals surface area contributed by atoms with Crippen LogP contribution in [0, 0.1) is 0 Å². The standard InChI is InChI=1S/C19H19NO3/c1-12(21)20(23-13(2)22)14-9-10-16-15-7-5-6-8-17(15)19(3,4)18(16)11-14/h5-11H,1-4H3. The van der Waals surface area contributed by atoms with Gasteiger partial charge in [0.25, 0.3) is 5.91 Å². The summed E-state index contributed by atoms with van der Waals surface area (Å²) < 4.78 is 0. The van der Waals surface area contributed by atoms with Gasteiger partial charge < -0.3 is 4.84 Å². The lowest BCUT2D eigenvalue weighted by Gasteiger charge is -2.24. The quantitative estimate of drug-likeness (QED) is 0.752. The summed E-state index contributed by atoms with van der Waals surface area (Å²) in [6.07, 6.45) is 0. The molecular formula is C19H19NO3. The Hall–Kier alpha value is -2.62.